The van der Waals surface area contributed by atoms with E-state index >= 15 is 0 Å². The highest BCUT2D eigenvalue weighted by Gasteiger charge is 2.28. The van der Waals surface area contributed by atoms with Crippen molar-refractivity contribution < 1.29 is 4.79 Å². The summed E-state index contributed by atoms with van der Waals surface area (Å²) >= 11 is 0. The minimum atomic E-state index is -0.0302. The molecule has 1 unspecified atom stereocenters. The highest BCUT2D eigenvalue weighted by molar-refractivity contribution is 5.95. The zero-order chi connectivity index (χ0) is 13.9. The maximum absolute atomic E-state index is 11.9. The number of carbonyl (C=O) groups excluding carboxylic acids is 1. The molecule has 1 heterocycles. The van der Waals surface area contributed by atoms with Crippen LogP contribution < -0.4 is 5.32 Å². The number of para-hydroxylation sites is 1. The van der Waals surface area contributed by atoms with Crippen LogP contribution in [0.25, 0.3) is 17.0 Å². The van der Waals surface area contributed by atoms with E-state index in [1.807, 2.05) is 36.4 Å². The Morgan fingerprint density at radius 1 is 1.35 bits per heavy atom. The van der Waals surface area contributed by atoms with Crippen LogP contribution in [-0.2, 0) is 4.79 Å². The van der Waals surface area contributed by atoms with E-state index in [-0.39, 0.29) is 11.9 Å². The van der Waals surface area contributed by atoms with E-state index in [4.69, 9.17) is 0 Å². The molecule has 1 saturated carbocycles. The summed E-state index contributed by atoms with van der Waals surface area (Å²) in [5.41, 5.74) is 1.90. The van der Waals surface area contributed by atoms with Crippen molar-refractivity contribution in [2.24, 2.45) is 5.92 Å². The first kappa shape index (κ1) is 12.9. The summed E-state index contributed by atoms with van der Waals surface area (Å²) in [6.07, 6.45) is 7.68. The summed E-state index contributed by atoms with van der Waals surface area (Å²) in [6.45, 7) is 2.07. The molecule has 1 N–H and O–H groups in total. The minimum absolute atomic E-state index is 0.0302. The van der Waals surface area contributed by atoms with Gasteiger partial charge in [0.1, 0.15) is 0 Å². The van der Waals surface area contributed by atoms with Crippen molar-refractivity contribution in [2.45, 2.75) is 25.8 Å². The number of pyridine rings is 1. The Hall–Kier alpha value is -2.16. The quantitative estimate of drug-likeness (QED) is 0.864. The molecule has 1 aliphatic rings. The van der Waals surface area contributed by atoms with Crippen molar-refractivity contribution in [1.82, 2.24) is 10.3 Å². The van der Waals surface area contributed by atoms with Crippen molar-refractivity contribution in [3.63, 3.8) is 0 Å². The molecule has 3 heteroatoms. The zero-order valence-electron chi connectivity index (χ0n) is 11.5. The van der Waals surface area contributed by atoms with Crippen LogP contribution in [0.5, 0.6) is 0 Å². The third-order valence-electron chi connectivity index (χ3n) is 3.78. The number of fused-ring (bicyclic) bond motifs is 1. The van der Waals surface area contributed by atoms with Gasteiger partial charge in [0.05, 0.1) is 5.52 Å². The van der Waals surface area contributed by atoms with Gasteiger partial charge in [0.2, 0.25) is 5.91 Å². The van der Waals surface area contributed by atoms with E-state index in [0.717, 1.165) is 16.5 Å². The maximum atomic E-state index is 11.9. The molecule has 2 aromatic rings. The Morgan fingerprint density at radius 3 is 2.95 bits per heavy atom. The van der Waals surface area contributed by atoms with E-state index in [9.17, 15) is 4.79 Å². The van der Waals surface area contributed by atoms with Crippen molar-refractivity contribution in [3.05, 3.63) is 48.2 Å². The van der Waals surface area contributed by atoms with E-state index in [0.29, 0.717) is 5.92 Å². The molecule has 20 heavy (non-hydrogen) atoms. The molecule has 1 aliphatic carbocycles. The second-order valence-electron chi connectivity index (χ2n) is 5.39. The standard InChI is InChI=1S/C17H18N2O/c1-12(13-7-8-13)19-16(20)10-9-15-5-2-4-14-6-3-11-18-17(14)15/h2-6,9-13H,7-8H2,1H3,(H,19,20)/b10-9+. The van der Waals surface area contributed by atoms with Crippen LogP contribution in [-0.4, -0.2) is 16.9 Å². The number of carbonyl (C=O) groups is 1. The first-order chi connectivity index (χ1) is 9.74. The average Bonchev–Trinajstić information content (AvgIpc) is 3.29. The van der Waals surface area contributed by atoms with E-state index < -0.39 is 0 Å². The summed E-state index contributed by atoms with van der Waals surface area (Å²) in [5.74, 6) is 0.643. The van der Waals surface area contributed by atoms with Gasteiger partial charge in [-0.2, -0.15) is 0 Å². The number of nitrogens with zero attached hydrogens (tertiary/aromatic N) is 1. The third-order valence-corrected chi connectivity index (χ3v) is 3.78. The smallest absolute Gasteiger partial charge is 0.244 e. The molecule has 1 atom stereocenters. The second kappa shape index (κ2) is 5.45. The lowest BCUT2D eigenvalue weighted by molar-refractivity contribution is -0.117. The number of benzene rings is 1. The Labute approximate surface area is 118 Å². The molecule has 0 saturated heterocycles. The molecule has 0 aliphatic heterocycles. The second-order valence-corrected chi connectivity index (χ2v) is 5.39. The van der Waals surface area contributed by atoms with Gasteiger partial charge in [-0.15, -0.1) is 0 Å². The number of amides is 1. The van der Waals surface area contributed by atoms with Gasteiger partial charge < -0.3 is 5.32 Å². The molecular formula is C17H18N2O. The Bertz CT molecular complexity index is 654. The lowest BCUT2D eigenvalue weighted by atomic mass is 10.1. The first-order valence-electron chi connectivity index (χ1n) is 7.06. The van der Waals surface area contributed by atoms with Gasteiger partial charge >= 0.3 is 0 Å². The van der Waals surface area contributed by atoms with Gasteiger partial charge in [0.25, 0.3) is 0 Å². The number of rotatable bonds is 4. The van der Waals surface area contributed by atoms with Gasteiger partial charge in [-0.1, -0.05) is 24.3 Å². The fourth-order valence-corrected chi connectivity index (χ4v) is 2.41. The van der Waals surface area contributed by atoms with Gasteiger partial charge in [-0.05, 0) is 37.8 Å². The molecule has 3 nitrogen and oxygen atoms in total. The van der Waals surface area contributed by atoms with Crippen LogP contribution in [0.15, 0.2) is 42.6 Å². The summed E-state index contributed by atoms with van der Waals surface area (Å²) in [7, 11) is 0. The fourth-order valence-electron chi connectivity index (χ4n) is 2.41. The molecule has 0 bridgehead atoms. The normalized spacial score (nSPS) is 16.4. The number of hydrogen-bond donors (Lipinski definition) is 1. The largest absolute Gasteiger partial charge is 0.350 e. The summed E-state index contributed by atoms with van der Waals surface area (Å²) < 4.78 is 0. The molecule has 3 rings (SSSR count). The molecule has 1 fully saturated rings. The number of aromatic nitrogens is 1. The van der Waals surface area contributed by atoms with Crippen LogP contribution in [0.1, 0.15) is 25.3 Å². The Balaban J connectivity index is 1.75. The molecule has 1 amide bonds. The number of nitrogens with one attached hydrogen (secondary N) is 1. The van der Waals surface area contributed by atoms with Crippen LogP contribution >= 0.6 is 0 Å². The summed E-state index contributed by atoms with van der Waals surface area (Å²) in [5, 5.41) is 4.10. The maximum Gasteiger partial charge on any atom is 0.244 e. The lowest BCUT2D eigenvalue weighted by Gasteiger charge is -2.10. The highest BCUT2D eigenvalue weighted by atomic mass is 16.1. The van der Waals surface area contributed by atoms with Crippen LogP contribution in [0.2, 0.25) is 0 Å². The molecule has 0 spiro atoms. The van der Waals surface area contributed by atoms with Crippen molar-refractivity contribution in [3.8, 4) is 0 Å². The monoisotopic (exact) mass is 266 g/mol. The summed E-state index contributed by atoms with van der Waals surface area (Å²) in [6, 6.07) is 10.2. The van der Waals surface area contributed by atoms with Gasteiger partial charge in [0.15, 0.2) is 0 Å². The molecular weight excluding hydrogens is 248 g/mol. The highest BCUT2D eigenvalue weighted by Crippen LogP contribution is 2.32. The molecule has 102 valence electrons. The predicted molar refractivity (Wildman–Crippen MR) is 81.1 cm³/mol. The van der Waals surface area contributed by atoms with Crippen molar-refractivity contribution in [2.75, 3.05) is 0 Å². The van der Waals surface area contributed by atoms with Crippen molar-refractivity contribution in [1.29, 1.82) is 0 Å². The van der Waals surface area contributed by atoms with Gasteiger partial charge in [-0.3, -0.25) is 9.78 Å². The fraction of sp³-hybridized carbons (Fsp3) is 0.294. The van der Waals surface area contributed by atoms with Crippen LogP contribution in [0, 0.1) is 5.92 Å². The predicted octanol–water partition coefficient (Wildman–Crippen LogP) is 3.16. The average molecular weight is 266 g/mol. The van der Waals surface area contributed by atoms with Crippen LogP contribution in [0.3, 0.4) is 0 Å². The van der Waals surface area contributed by atoms with E-state index in [2.05, 4.69) is 17.2 Å². The SMILES string of the molecule is CC(NC(=O)/C=C/c1cccc2cccnc12)C1CC1. The Kier molecular flexibility index (Phi) is 3.50. The zero-order valence-corrected chi connectivity index (χ0v) is 11.5. The lowest BCUT2D eigenvalue weighted by Crippen LogP contribution is -2.32. The molecule has 0 radical (unpaired) electrons. The van der Waals surface area contributed by atoms with Gasteiger partial charge in [-0.25, -0.2) is 0 Å². The minimum Gasteiger partial charge on any atom is -0.350 e. The number of hydrogen-bond acceptors (Lipinski definition) is 2. The first-order valence-corrected chi connectivity index (χ1v) is 7.06. The van der Waals surface area contributed by atoms with Crippen LogP contribution in [0.4, 0.5) is 0 Å². The summed E-state index contributed by atoms with van der Waals surface area (Å²) in [4.78, 5) is 16.3. The van der Waals surface area contributed by atoms with E-state index in [1.165, 1.54) is 12.8 Å². The molecule has 1 aromatic heterocycles. The molecule has 1 aromatic carbocycles. The van der Waals surface area contributed by atoms with E-state index in [1.54, 1.807) is 12.3 Å². The van der Waals surface area contributed by atoms with Crippen molar-refractivity contribution >= 4 is 22.9 Å². The Morgan fingerprint density at radius 2 is 2.15 bits per heavy atom. The van der Waals surface area contributed by atoms with Gasteiger partial charge in [0, 0.05) is 29.3 Å². The third kappa shape index (κ3) is 2.87. The topological polar surface area (TPSA) is 42.0 Å².